The Bertz CT molecular complexity index is 367. The SMILES string of the molecule is CO/N=C1\CN(C(=O)OC(C)(C)C)CC12CCC2. The molecule has 0 N–H and O–H groups in total. The highest BCUT2D eigenvalue weighted by molar-refractivity contribution is 5.97. The summed E-state index contributed by atoms with van der Waals surface area (Å²) in [7, 11) is 1.55. The largest absolute Gasteiger partial charge is 0.444 e. The first kappa shape index (κ1) is 13.2. The second-order valence-corrected chi connectivity index (χ2v) is 6.19. The number of carbonyl (C=O) groups is 1. The minimum atomic E-state index is -0.453. The fourth-order valence-electron chi connectivity index (χ4n) is 2.60. The Morgan fingerprint density at radius 2 is 2.06 bits per heavy atom. The van der Waals surface area contributed by atoms with Crippen LogP contribution in [0.4, 0.5) is 4.79 Å². The number of nitrogens with zero attached hydrogens (tertiary/aromatic N) is 2. The van der Waals surface area contributed by atoms with E-state index in [1.807, 2.05) is 20.8 Å². The number of likely N-dealkylation sites (tertiary alicyclic amines) is 1. The fourth-order valence-corrected chi connectivity index (χ4v) is 2.60. The molecule has 1 saturated carbocycles. The van der Waals surface area contributed by atoms with Gasteiger partial charge in [0.15, 0.2) is 0 Å². The van der Waals surface area contributed by atoms with E-state index in [0.717, 1.165) is 18.6 Å². The number of rotatable bonds is 1. The molecule has 0 aromatic carbocycles. The zero-order valence-electron chi connectivity index (χ0n) is 11.7. The van der Waals surface area contributed by atoms with Crippen LogP contribution in [0.5, 0.6) is 0 Å². The summed E-state index contributed by atoms with van der Waals surface area (Å²) in [5.74, 6) is 0. The molecule has 1 aliphatic heterocycles. The second kappa shape index (κ2) is 4.44. The number of hydrogen-bond acceptors (Lipinski definition) is 4. The molecular formula is C13H22N2O3. The van der Waals surface area contributed by atoms with E-state index in [0.29, 0.717) is 13.1 Å². The average molecular weight is 254 g/mol. The highest BCUT2D eigenvalue weighted by atomic mass is 16.6. The Morgan fingerprint density at radius 3 is 2.50 bits per heavy atom. The minimum Gasteiger partial charge on any atom is -0.444 e. The molecule has 1 saturated heterocycles. The van der Waals surface area contributed by atoms with Gasteiger partial charge in [-0.15, -0.1) is 0 Å². The molecule has 0 bridgehead atoms. The van der Waals surface area contributed by atoms with Gasteiger partial charge in [0.05, 0.1) is 12.3 Å². The second-order valence-electron chi connectivity index (χ2n) is 6.19. The van der Waals surface area contributed by atoms with E-state index in [2.05, 4.69) is 5.16 Å². The van der Waals surface area contributed by atoms with Crippen molar-refractivity contribution in [3.8, 4) is 0 Å². The van der Waals surface area contributed by atoms with Gasteiger partial charge in [-0.3, -0.25) is 0 Å². The van der Waals surface area contributed by atoms with Crippen molar-refractivity contribution in [3.63, 3.8) is 0 Å². The molecule has 1 heterocycles. The Hall–Kier alpha value is -1.26. The fraction of sp³-hybridized carbons (Fsp3) is 0.846. The van der Waals surface area contributed by atoms with Gasteiger partial charge in [0.1, 0.15) is 12.7 Å². The van der Waals surface area contributed by atoms with E-state index >= 15 is 0 Å². The normalized spacial score (nSPS) is 24.2. The van der Waals surface area contributed by atoms with Crippen LogP contribution in [-0.2, 0) is 9.57 Å². The molecule has 0 radical (unpaired) electrons. The number of amides is 1. The van der Waals surface area contributed by atoms with Crippen LogP contribution in [0.3, 0.4) is 0 Å². The van der Waals surface area contributed by atoms with E-state index in [-0.39, 0.29) is 11.5 Å². The molecule has 2 rings (SSSR count). The van der Waals surface area contributed by atoms with Gasteiger partial charge < -0.3 is 14.5 Å². The third kappa shape index (κ3) is 2.44. The standard InChI is InChI=1S/C13H22N2O3/c1-12(2,3)18-11(16)15-8-10(14-17-4)13(9-15)6-5-7-13/h5-9H2,1-4H3/b14-10+. The van der Waals surface area contributed by atoms with Crippen molar-refractivity contribution in [3.05, 3.63) is 0 Å². The monoisotopic (exact) mass is 254 g/mol. The van der Waals surface area contributed by atoms with E-state index in [4.69, 9.17) is 9.57 Å². The number of oxime groups is 1. The first-order valence-corrected chi connectivity index (χ1v) is 6.45. The van der Waals surface area contributed by atoms with E-state index < -0.39 is 5.60 Å². The molecule has 2 aliphatic rings. The summed E-state index contributed by atoms with van der Waals surface area (Å²) in [5.41, 5.74) is 0.597. The Kier molecular flexibility index (Phi) is 3.25. The van der Waals surface area contributed by atoms with Gasteiger partial charge in [0, 0.05) is 12.0 Å². The summed E-state index contributed by atoms with van der Waals surface area (Å²) in [6, 6.07) is 0. The number of hydrogen-bond donors (Lipinski definition) is 0. The lowest BCUT2D eigenvalue weighted by atomic mass is 9.67. The molecule has 18 heavy (non-hydrogen) atoms. The Balaban J connectivity index is 2.05. The highest BCUT2D eigenvalue weighted by Gasteiger charge is 2.50. The maximum Gasteiger partial charge on any atom is 0.410 e. The maximum absolute atomic E-state index is 12.0. The molecular weight excluding hydrogens is 232 g/mol. The quantitative estimate of drug-likeness (QED) is 0.675. The van der Waals surface area contributed by atoms with Gasteiger partial charge in [-0.2, -0.15) is 0 Å². The summed E-state index contributed by atoms with van der Waals surface area (Å²) < 4.78 is 5.40. The van der Waals surface area contributed by atoms with E-state index in [1.54, 1.807) is 12.0 Å². The molecule has 1 aliphatic carbocycles. The summed E-state index contributed by atoms with van der Waals surface area (Å²) in [5, 5.41) is 4.10. The van der Waals surface area contributed by atoms with Crippen LogP contribution in [0.25, 0.3) is 0 Å². The summed E-state index contributed by atoms with van der Waals surface area (Å²) in [6.45, 7) is 6.88. The molecule has 0 aromatic heterocycles. The van der Waals surface area contributed by atoms with Crippen LogP contribution in [0.15, 0.2) is 5.16 Å². The van der Waals surface area contributed by atoms with Crippen molar-refractivity contribution < 1.29 is 14.4 Å². The summed E-state index contributed by atoms with van der Waals surface area (Å²) in [4.78, 5) is 18.7. The highest BCUT2D eigenvalue weighted by Crippen LogP contribution is 2.46. The molecule has 0 unspecified atom stereocenters. The van der Waals surface area contributed by atoms with Gasteiger partial charge >= 0.3 is 6.09 Å². The van der Waals surface area contributed by atoms with Crippen molar-refractivity contribution in [2.24, 2.45) is 10.6 Å². The van der Waals surface area contributed by atoms with Crippen molar-refractivity contribution in [1.82, 2.24) is 4.90 Å². The van der Waals surface area contributed by atoms with E-state index in [9.17, 15) is 4.79 Å². The Labute approximate surface area is 108 Å². The first-order valence-electron chi connectivity index (χ1n) is 6.45. The molecule has 2 fully saturated rings. The number of carbonyl (C=O) groups excluding carboxylic acids is 1. The third-order valence-electron chi connectivity index (χ3n) is 3.61. The van der Waals surface area contributed by atoms with Crippen LogP contribution < -0.4 is 0 Å². The molecule has 5 heteroatoms. The number of ether oxygens (including phenoxy) is 1. The van der Waals surface area contributed by atoms with Crippen LogP contribution in [0, 0.1) is 5.41 Å². The molecule has 0 aromatic rings. The lowest BCUT2D eigenvalue weighted by molar-refractivity contribution is 0.0247. The molecule has 102 valence electrons. The lowest BCUT2D eigenvalue weighted by Crippen LogP contribution is -2.40. The predicted octanol–water partition coefficient (Wildman–Crippen LogP) is 2.41. The molecule has 1 amide bonds. The molecule has 0 atom stereocenters. The van der Waals surface area contributed by atoms with Gasteiger partial charge in [0.2, 0.25) is 0 Å². The van der Waals surface area contributed by atoms with Crippen LogP contribution in [0.1, 0.15) is 40.0 Å². The van der Waals surface area contributed by atoms with Gasteiger partial charge in [-0.05, 0) is 33.6 Å². The first-order chi connectivity index (χ1) is 8.36. The zero-order chi connectivity index (χ0) is 13.4. The summed E-state index contributed by atoms with van der Waals surface area (Å²) in [6.07, 6.45) is 3.13. The zero-order valence-corrected chi connectivity index (χ0v) is 11.7. The van der Waals surface area contributed by atoms with Crippen molar-refractivity contribution in [2.45, 2.75) is 45.6 Å². The topological polar surface area (TPSA) is 51.1 Å². The summed E-state index contributed by atoms with van der Waals surface area (Å²) >= 11 is 0. The lowest BCUT2D eigenvalue weighted by Gasteiger charge is -2.37. The molecule has 5 nitrogen and oxygen atoms in total. The minimum absolute atomic E-state index is 0.0624. The van der Waals surface area contributed by atoms with Crippen LogP contribution in [0.2, 0.25) is 0 Å². The maximum atomic E-state index is 12.0. The van der Waals surface area contributed by atoms with Crippen LogP contribution in [-0.4, -0.2) is 42.5 Å². The van der Waals surface area contributed by atoms with Gasteiger partial charge in [-0.25, -0.2) is 4.79 Å². The Morgan fingerprint density at radius 1 is 1.39 bits per heavy atom. The average Bonchev–Trinajstić information content (AvgIpc) is 2.55. The van der Waals surface area contributed by atoms with Gasteiger partial charge in [-0.1, -0.05) is 11.6 Å². The third-order valence-corrected chi connectivity index (χ3v) is 3.61. The van der Waals surface area contributed by atoms with Gasteiger partial charge in [0.25, 0.3) is 0 Å². The molecule has 1 spiro atoms. The van der Waals surface area contributed by atoms with Crippen molar-refractivity contribution in [2.75, 3.05) is 20.2 Å². The smallest absolute Gasteiger partial charge is 0.410 e. The van der Waals surface area contributed by atoms with E-state index in [1.165, 1.54) is 6.42 Å². The van der Waals surface area contributed by atoms with Crippen molar-refractivity contribution in [1.29, 1.82) is 0 Å². The van der Waals surface area contributed by atoms with Crippen LogP contribution >= 0.6 is 0 Å². The predicted molar refractivity (Wildman–Crippen MR) is 68.5 cm³/mol. The van der Waals surface area contributed by atoms with Crippen molar-refractivity contribution >= 4 is 11.8 Å².